The van der Waals surface area contributed by atoms with Crippen LogP contribution in [0.1, 0.15) is 40.6 Å². The zero-order valence-corrected chi connectivity index (χ0v) is 21.4. The molecule has 2 saturated heterocycles. The lowest BCUT2D eigenvalue weighted by Gasteiger charge is -2.34. The first kappa shape index (κ1) is 24.6. The van der Waals surface area contributed by atoms with Gasteiger partial charge in [0, 0.05) is 42.2 Å². The lowest BCUT2D eigenvalue weighted by atomic mass is 9.80. The van der Waals surface area contributed by atoms with Gasteiger partial charge in [0.05, 0.1) is 4.90 Å². The van der Waals surface area contributed by atoms with Crippen molar-refractivity contribution in [2.75, 3.05) is 32.7 Å². The first-order chi connectivity index (χ1) is 17.1. The summed E-state index contributed by atoms with van der Waals surface area (Å²) < 4.78 is 27.4. The first-order valence-corrected chi connectivity index (χ1v) is 14.1. The predicted octanol–water partition coefficient (Wildman–Crippen LogP) is 1.57. The van der Waals surface area contributed by atoms with Crippen molar-refractivity contribution >= 4 is 45.0 Å². The third-order valence-electron chi connectivity index (χ3n) is 7.10. The van der Waals surface area contributed by atoms with E-state index in [1.165, 1.54) is 34.3 Å². The minimum Gasteiger partial charge on any atom is -0.338 e. The molecule has 0 radical (unpaired) electrons. The molecule has 10 nitrogen and oxygen atoms in total. The lowest BCUT2D eigenvalue weighted by Crippen LogP contribution is -2.53. The Kier molecular flexibility index (Phi) is 6.21. The van der Waals surface area contributed by atoms with Crippen LogP contribution in [-0.4, -0.2) is 78.9 Å². The van der Waals surface area contributed by atoms with E-state index in [0.717, 1.165) is 28.2 Å². The topological polar surface area (TPSA) is 124 Å². The summed E-state index contributed by atoms with van der Waals surface area (Å²) in [7, 11) is -3.83. The molecule has 2 fully saturated rings. The molecule has 1 aliphatic carbocycles. The molecule has 4 amide bonds. The van der Waals surface area contributed by atoms with E-state index in [4.69, 9.17) is 0 Å². The van der Waals surface area contributed by atoms with Crippen LogP contribution in [0, 0.1) is 0 Å². The van der Waals surface area contributed by atoms with Crippen molar-refractivity contribution in [1.82, 2.24) is 19.4 Å². The Labute approximate surface area is 212 Å². The maximum atomic E-state index is 13.4. The van der Waals surface area contributed by atoms with Crippen molar-refractivity contribution < 1.29 is 27.6 Å². The molecule has 1 aromatic carbocycles. The van der Waals surface area contributed by atoms with Crippen LogP contribution in [-0.2, 0) is 31.6 Å². The molecule has 5 rings (SSSR count). The zero-order valence-electron chi connectivity index (χ0n) is 19.7. The van der Waals surface area contributed by atoms with E-state index < -0.39 is 33.4 Å². The number of carbonyl (C=O) groups is 4. The second-order valence-corrected chi connectivity index (χ2v) is 12.1. The normalized spacial score (nSPS) is 22.6. The van der Waals surface area contributed by atoms with Gasteiger partial charge in [0.15, 0.2) is 5.78 Å². The highest BCUT2D eigenvalue weighted by molar-refractivity contribution is 7.89. The Morgan fingerprint density at radius 3 is 2.58 bits per heavy atom. The van der Waals surface area contributed by atoms with Crippen LogP contribution < -0.4 is 5.32 Å². The number of sulfonamides is 1. The van der Waals surface area contributed by atoms with Crippen LogP contribution in [0.5, 0.6) is 0 Å². The van der Waals surface area contributed by atoms with Gasteiger partial charge in [-0.15, -0.1) is 11.3 Å². The number of Topliss-reactive ketones (excluding diaryl/α,β-unsaturated/α-hetero) is 1. The van der Waals surface area contributed by atoms with Gasteiger partial charge < -0.3 is 10.2 Å². The number of hydrogen-bond donors (Lipinski definition) is 1. The molecule has 12 heteroatoms. The van der Waals surface area contributed by atoms with E-state index in [1.807, 2.05) is 11.4 Å². The van der Waals surface area contributed by atoms with Crippen LogP contribution in [0.3, 0.4) is 0 Å². The number of piperazine rings is 1. The van der Waals surface area contributed by atoms with Crippen molar-refractivity contribution in [3.63, 3.8) is 0 Å². The second kappa shape index (κ2) is 9.09. The summed E-state index contributed by atoms with van der Waals surface area (Å²) in [6.45, 7) is 1.39. The number of nitrogens with one attached hydrogen (secondary N) is 1. The summed E-state index contributed by atoms with van der Waals surface area (Å²) in [6, 6.07) is 7.17. The second-order valence-electron chi connectivity index (χ2n) is 9.21. The number of hydrogen-bond acceptors (Lipinski definition) is 7. The Hall–Kier alpha value is -3.09. The fourth-order valence-electron chi connectivity index (χ4n) is 5.12. The number of thiophene rings is 1. The molecule has 1 aromatic heterocycles. The smallest absolute Gasteiger partial charge is 0.325 e. The van der Waals surface area contributed by atoms with Gasteiger partial charge in [-0.05, 0) is 49.8 Å². The van der Waals surface area contributed by atoms with Crippen LogP contribution in [0.4, 0.5) is 4.79 Å². The Bertz CT molecular complexity index is 1360. The molecule has 2 aliphatic heterocycles. The van der Waals surface area contributed by atoms with E-state index in [1.54, 1.807) is 17.4 Å². The molecule has 1 spiro atoms. The Morgan fingerprint density at radius 1 is 1.11 bits per heavy atom. The molecular formula is C24H26N4O6S2. The van der Waals surface area contributed by atoms with Gasteiger partial charge in [0.1, 0.15) is 12.1 Å². The fraction of sp³-hybridized carbons (Fsp3) is 0.417. The number of ketones is 1. The minimum absolute atomic E-state index is 0.0277. The zero-order chi connectivity index (χ0) is 25.7. The van der Waals surface area contributed by atoms with E-state index >= 15 is 0 Å². The summed E-state index contributed by atoms with van der Waals surface area (Å²) in [5, 5.41) is 4.75. The number of nitrogens with zero attached hydrogens (tertiary/aromatic N) is 3. The number of rotatable bonds is 5. The summed E-state index contributed by atoms with van der Waals surface area (Å²) in [5.41, 5.74) is 0.0232. The van der Waals surface area contributed by atoms with Gasteiger partial charge in [0.25, 0.3) is 5.91 Å². The molecular weight excluding hydrogens is 504 g/mol. The largest absolute Gasteiger partial charge is 0.338 e. The van der Waals surface area contributed by atoms with Gasteiger partial charge >= 0.3 is 6.03 Å². The minimum atomic E-state index is -3.83. The van der Waals surface area contributed by atoms with Crippen molar-refractivity contribution in [3.8, 4) is 0 Å². The van der Waals surface area contributed by atoms with Crippen molar-refractivity contribution in [1.29, 1.82) is 0 Å². The molecule has 0 bridgehead atoms. The van der Waals surface area contributed by atoms with Crippen molar-refractivity contribution in [2.24, 2.45) is 0 Å². The molecule has 36 heavy (non-hydrogen) atoms. The standard InChI is InChI=1S/C24H26N4O6S2/c1-16(29)17-4-2-5-18(14-17)36(33,34)27-11-9-26(10-12-27)21(30)15-28-22(31)24(25-23(28)32)8-3-6-20-19(24)7-13-35-20/h2,4-5,7,13-14H,3,6,8-12,15H2,1H3,(H,25,32)/t24-/m0/s1. The number of fused-ring (bicyclic) bond motifs is 2. The highest BCUT2D eigenvalue weighted by Crippen LogP contribution is 2.42. The third kappa shape index (κ3) is 4.02. The summed E-state index contributed by atoms with van der Waals surface area (Å²) in [5.74, 6) is -1.05. The summed E-state index contributed by atoms with van der Waals surface area (Å²) >= 11 is 1.56. The fourth-order valence-corrected chi connectivity index (χ4v) is 7.59. The van der Waals surface area contributed by atoms with Gasteiger partial charge in [-0.3, -0.25) is 19.3 Å². The number of aryl methyl sites for hydroxylation is 1. The quantitative estimate of drug-likeness (QED) is 0.462. The third-order valence-corrected chi connectivity index (χ3v) is 9.97. The van der Waals surface area contributed by atoms with E-state index in [-0.39, 0.29) is 43.4 Å². The molecule has 0 saturated carbocycles. The number of amides is 4. The summed E-state index contributed by atoms with van der Waals surface area (Å²) in [6.07, 6.45) is 2.13. The Balaban J connectivity index is 1.24. The molecule has 0 unspecified atom stereocenters. The number of urea groups is 1. The molecule has 190 valence electrons. The molecule has 3 aliphatic rings. The SMILES string of the molecule is CC(=O)c1cccc(S(=O)(=O)N2CCN(C(=O)CN3C(=O)N[C@]4(CCCc5sccc54)C3=O)CC2)c1. The first-order valence-electron chi connectivity index (χ1n) is 11.7. The van der Waals surface area contributed by atoms with Gasteiger partial charge in [-0.1, -0.05) is 12.1 Å². The van der Waals surface area contributed by atoms with Crippen LogP contribution in [0.25, 0.3) is 0 Å². The van der Waals surface area contributed by atoms with E-state index in [0.29, 0.717) is 12.0 Å². The van der Waals surface area contributed by atoms with Gasteiger partial charge in [0.2, 0.25) is 15.9 Å². The molecule has 3 heterocycles. The average Bonchev–Trinajstić information content (AvgIpc) is 3.44. The predicted molar refractivity (Wildman–Crippen MR) is 131 cm³/mol. The molecule has 2 aromatic rings. The van der Waals surface area contributed by atoms with E-state index in [9.17, 15) is 27.6 Å². The maximum absolute atomic E-state index is 13.4. The highest BCUT2D eigenvalue weighted by atomic mass is 32.2. The summed E-state index contributed by atoms with van der Waals surface area (Å²) in [4.78, 5) is 54.3. The van der Waals surface area contributed by atoms with Crippen molar-refractivity contribution in [2.45, 2.75) is 36.6 Å². The maximum Gasteiger partial charge on any atom is 0.325 e. The van der Waals surface area contributed by atoms with Crippen LogP contribution in [0.2, 0.25) is 0 Å². The number of carbonyl (C=O) groups excluding carboxylic acids is 4. The van der Waals surface area contributed by atoms with Crippen molar-refractivity contribution in [3.05, 3.63) is 51.7 Å². The lowest BCUT2D eigenvalue weighted by molar-refractivity contribution is -0.140. The number of benzene rings is 1. The number of imide groups is 1. The van der Waals surface area contributed by atoms with Crippen LogP contribution in [0.15, 0.2) is 40.6 Å². The van der Waals surface area contributed by atoms with Gasteiger partial charge in [-0.2, -0.15) is 4.31 Å². The van der Waals surface area contributed by atoms with E-state index in [2.05, 4.69) is 5.32 Å². The highest BCUT2D eigenvalue weighted by Gasteiger charge is 2.54. The monoisotopic (exact) mass is 530 g/mol. The molecule has 1 N–H and O–H groups in total. The van der Waals surface area contributed by atoms with Crippen LogP contribution >= 0.6 is 11.3 Å². The van der Waals surface area contributed by atoms with Gasteiger partial charge in [-0.25, -0.2) is 13.2 Å². The average molecular weight is 531 g/mol. The Morgan fingerprint density at radius 2 is 1.86 bits per heavy atom. The molecule has 1 atom stereocenters.